The minimum absolute atomic E-state index is 0.770. The molecule has 0 aliphatic carbocycles. The molecule has 3 aromatic carbocycles. The number of halogens is 1. The minimum Gasteiger partial charge on any atom is -0.399 e. The molecule has 0 fully saturated rings. The summed E-state index contributed by atoms with van der Waals surface area (Å²) in [5, 5.41) is 2.99. The molecule has 0 heterocycles. The lowest BCUT2D eigenvalue weighted by atomic mass is 9.98. The van der Waals surface area contributed by atoms with Crippen LogP contribution in [0, 0.1) is 0 Å². The van der Waals surface area contributed by atoms with Crippen LogP contribution in [0.4, 0.5) is 5.69 Å². The van der Waals surface area contributed by atoms with Crippen LogP contribution in [0.25, 0.3) is 21.9 Å². The molecule has 0 saturated heterocycles. The zero-order valence-corrected chi connectivity index (χ0v) is 10.5. The lowest BCUT2D eigenvalue weighted by molar-refractivity contribution is 1.64. The Balaban J connectivity index is 2.33. The molecule has 0 saturated carbocycles. The Labute approximate surface area is 111 Å². The maximum absolute atomic E-state index is 6.22. The van der Waals surface area contributed by atoms with E-state index in [1.54, 1.807) is 0 Å². The Morgan fingerprint density at radius 3 is 2.33 bits per heavy atom. The van der Waals surface area contributed by atoms with Crippen LogP contribution in [0.3, 0.4) is 0 Å². The zero-order valence-electron chi connectivity index (χ0n) is 9.73. The van der Waals surface area contributed by atoms with E-state index in [9.17, 15) is 0 Å². The minimum atomic E-state index is 0.770. The molecule has 0 unspecified atom stereocenters. The summed E-state index contributed by atoms with van der Waals surface area (Å²) in [7, 11) is 0. The third-order valence-corrected chi connectivity index (χ3v) is 3.40. The Morgan fingerprint density at radius 1 is 0.778 bits per heavy atom. The van der Waals surface area contributed by atoms with Crippen molar-refractivity contribution in [2.75, 3.05) is 5.73 Å². The number of hydrogen-bond donors (Lipinski definition) is 1. The van der Waals surface area contributed by atoms with Gasteiger partial charge < -0.3 is 5.73 Å². The Hall–Kier alpha value is -1.99. The molecule has 0 aromatic heterocycles. The standard InChI is InChI=1S/C16H12ClN/c17-16-9-8-13(11-4-3-5-12(18)10-11)14-6-1-2-7-15(14)16/h1-10H,18H2. The first-order valence-electron chi connectivity index (χ1n) is 5.79. The van der Waals surface area contributed by atoms with Crippen LogP contribution in [0.5, 0.6) is 0 Å². The van der Waals surface area contributed by atoms with Gasteiger partial charge in [0.2, 0.25) is 0 Å². The molecule has 0 aliphatic rings. The van der Waals surface area contributed by atoms with Crippen LogP contribution in [0.2, 0.25) is 5.02 Å². The third kappa shape index (κ3) is 1.83. The summed E-state index contributed by atoms with van der Waals surface area (Å²) < 4.78 is 0. The molecular weight excluding hydrogens is 242 g/mol. The summed E-state index contributed by atoms with van der Waals surface area (Å²) in [6, 6.07) is 20.0. The van der Waals surface area contributed by atoms with Gasteiger partial charge in [-0.3, -0.25) is 0 Å². The number of nitrogens with two attached hydrogens (primary N) is 1. The van der Waals surface area contributed by atoms with Crippen molar-refractivity contribution in [3.05, 3.63) is 65.7 Å². The topological polar surface area (TPSA) is 26.0 Å². The number of nitrogen functional groups attached to an aromatic ring is 1. The Kier molecular flexibility index (Phi) is 2.69. The van der Waals surface area contributed by atoms with Gasteiger partial charge in [0.1, 0.15) is 0 Å². The number of benzene rings is 3. The predicted molar refractivity (Wildman–Crippen MR) is 78.8 cm³/mol. The van der Waals surface area contributed by atoms with E-state index in [1.165, 1.54) is 0 Å². The van der Waals surface area contributed by atoms with E-state index in [4.69, 9.17) is 17.3 Å². The molecule has 0 amide bonds. The summed E-state index contributed by atoms with van der Waals surface area (Å²) in [6.07, 6.45) is 0. The number of rotatable bonds is 1. The summed E-state index contributed by atoms with van der Waals surface area (Å²) in [6.45, 7) is 0. The lowest BCUT2D eigenvalue weighted by Gasteiger charge is -2.08. The van der Waals surface area contributed by atoms with Gasteiger partial charge in [-0.15, -0.1) is 0 Å². The molecule has 2 N–H and O–H groups in total. The molecule has 0 atom stereocenters. The van der Waals surface area contributed by atoms with E-state index < -0.39 is 0 Å². The molecule has 1 nitrogen and oxygen atoms in total. The van der Waals surface area contributed by atoms with Crippen molar-refractivity contribution in [3.8, 4) is 11.1 Å². The van der Waals surface area contributed by atoms with Gasteiger partial charge >= 0.3 is 0 Å². The SMILES string of the molecule is Nc1cccc(-c2ccc(Cl)c3ccccc23)c1. The smallest absolute Gasteiger partial charge is 0.0484 e. The fourth-order valence-electron chi connectivity index (χ4n) is 2.22. The van der Waals surface area contributed by atoms with Gasteiger partial charge in [0.15, 0.2) is 0 Å². The second-order valence-corrected chi connectivity index (χ2v) is 4.67. The number of hydrogen-bond acceptors (Lipinski definition) is 1. The molecule has 0 radical (unpaired) electrons. The van der Waals surface area contributed by atoms with Gasteiger partial charge in [0.25, 0.3) is 0 Å². The fourth-order valence-corrected chi connectivity index (χ4v) is 2.45. The first-order valence-corrected chi connectivity index (χ1v) is 6.17. The van der Waals surface area contributed by atoms with Crippen molar-refractivity contribution >= 4 is 28.1 Å². The molecule has 3 rings (SSSR count). The van der Waals surface area contributed by atoms with Crippen molar-refractivity contribution in [3.63, 3.8) is 0 Å². The zero-order chi connectivity index (χ0) is 12.5. The highest BCUT2D eigenvalue weighted by Crippen LogP contribution is 2.33. The van der Waals surface area contributed by atoms with Crippen molar-refractivity contribution in [2.24, 2.45) is 0 Å². The van der Waals surface area contributed by atoms with Crippen LogP contribution in [0.1, 0.15) is 0 Å². The summed E-state index contributed by atoms with van der Waals surface area (Å²) in [5.41, 5.74) is 8.88. The largest absolute Gasteiger partial charge is 0.399 e. The normalized spacial score (nSPS) is 10.7. The van der Waals surface area contributed by atoms with Gasteiger partial charge in [0.05, 0.1) is 0 Å². The van der Waals surface area contributed by atoms with Crippen LogP contribution in [0.15, 0.2) is 60.7 Å². The van der Waals surface area contributed by atoms with Gasteiger partial charge in [-0.05, 0) is 34.7 Å². The van der Waals surface area contributed by atoms with Crippen molar-refractivity contribution in [1.29, 1.82) is 0 Å². The monoisotopic (exact) mass is 253 g/mol. The van der Waals surface area contributed by atoms with E-state index in [2.05, 4.69) is 12.1 Å². The maximum Gasteiger partial charge on any atom is 0.0484 e. The fraction of sp³-hybridized carbons (Fsp3) is 0. The van der Waals surface area contributed by atoms with Gasteiger partial charge in [-0.1, -0.05) is 54.1 Å². The molecular formula is C16H12ClN. The molecule has 3 aromatic rings. The highest BCUT2D eigenvalue weighted by atomic mass is 35.5. The Bertz CT molecular complexity index is 719. The molecule has 0 spiro atoms. The highest BCUT2D eigenvalue weighted by molar-refractivity contribution is 6.36. The van der Waals surface area contributed by atoms with Crippen molar-refractivity contribution in [2.45, 2.75) is 0 Å². The van der Waals surface area contributed by atoms with Crippen LogP contribution >= 0.6 is 11.6 Å². The van der Waals surface area contributed by atoms with Crippen LogP contribution < -0.4 is 5.73 Å². The second-order valence-electron chi connectivity index (χ2n) is 4.27. The van der Waals surface area contributed by atoms with Crippen LogP contribution in [-0.4, -0.2) is 0 Å². The van der Waals surface area contributed by atoms with Gasteiger partial charge in [0, 0.05) is 16.1 Å². The van der Waals surface area contributed by atoms with E-state index in [-0.39, 0.29) is 0 Å². The van der Waals surface area contributed by atoms with Gasteiger partial charge in [-0.2, -0.15) is 0 Å². The highest BCUT2D eigenvalue weighted by Gasteiger charge is 2.06. The number of anilines is 1. The summed E-state index contributed by atoms with van der Waals surface area (Å²) in [5.74, 6) is 0. The van der Waals surface area contributed by atoms with E-state index >= 15 is 0 Å². The quantitative estimate of drug-likeness (QED) is 0.623. The first-order chi connectivity index (χ1) is 8.75. The molecule has 2 heteroatoms. The van der Waals surface area contributed by atoms with Crippen molar-refractivity contribution in [1.82, 2.24) is 0 Å². The third-order valence-electron chi connectivity index (χ3n) is 3.07. The predicted octanol–water partition coefficient (Wildman–Crippen LogP) is 4.74. The lowest BCUT2D eigenvalue weighted by Crippen LogP contribution is -1.86. The Morgan fingerprint density at radius 2 is 1.56 bits per heavy atom. The average Bonchev–Trinajstić information content (AvgIpc) is 2.39. The average molecular weight is 254 g/mol. The molecule has 0 bridgehead atoms. The maximum atomic E-state index is 6.22. The summed E-state index contributed by atoms with van der Waals surface area (Å²) >= 11 is 6.22. The number of fused-ring (bicyclic) bond motifs is 1. The van der Waals surface area contributed by atoms with Crippen LogP contribution in [-0.2, 0) is 0 Å². The van der Waals surface area contributed by atoms with E-state index in [0.29, 0.717) is 0 Å². The molecule has 18 heavy (non-hydrogen) atoms. The summed E-state index contributed by atoms with van der Waals surface area (Å²) in [4.78, 5) is 0. The second kappa shape index (κ2) is 4.35. The molecule has 0 aliphatic heterocycles. The first kappa shape index (κ1) is 11.1. The van der Waals surface area contributed by atoms with E-state index in [0.717, 1.165) is 32.6 Å². The van der Waals surface area contributed by atoms with Gasteiger partial charge in [-0.25, -0.2) is 0 Å². The van der Waals surface area contributed by atoms with Crippen molar-refractivity contribution < 1.29 is 0 Å². The molecule has 88 valence electrons. The van der Waals surface area contributed by atoms with E-state index in [1.807, 2.05) is 48.5 Å².